The summed E-state index contributed by atoms with van der Waals surface area (Å²) in [5.41, 5.74) is 0. The van der Waals surface area contributed by atoms with E-state index < -0.39 is 0 Å². The fraction of sp³-hybridized carbons (Fsp3) is 0.923. The van der Waals surface area contributed by atoms with Gasteiger partial charge in [0.25, 0.3) is 0 Å². The largest absolute Gasteiger partial charge is 0.465 e. The summed E-state index contributed by atoms with van der Waals surface area (Å²) >= 11 is 0. The SMILES string of the molecule is CCOC(=O)C(NC(C)CC)C1CCC(C)O1. The third kappa shape index (κ3) is 4.28. The molecule has 17 heavy (non-hydrogen) atoms. The van der Waals surface area contributed by atoms with Gasteiger partial charge in [-0.25, -0.2) is 0 Å². The van der Waals surface area contributed by atoms with Gasteiger partial charge in [-0.05, 0) is 40.0 Å². The first-order valence-electron chi connectivity index (χ1n) is 6.66. The first-order chi connectivity index (χ1) is 8.08. The van der Waals surface area contributed by atoms with Gasteiger partial charge in [-0.3, -0.25) is 10.1 Å². The molecule has 0 saturated carbocycles. The van der Waals surface area contributed by atoms with Crippen molar-refractivity contribution in [3.63, 3.8) is 0 Å². The van der Waals surface area contributed by atoms with Crippen molar-refractivity contribution in [1.29, 1.82) is 0 Å². The molecule has 0 radical (unpaired) electrons. The second-order valence-electron chi connectivity index (χ2n) is 4.77. The lowest BCUT2D eigenvalue weighted by Crippen LogP contribution is -2.50. The number of rotatable bonds is 6. The standard InChI is InChI=1S/C13H25NO3/c1-5-9(3)14-12(13(15)16-6-2)11-8-7-10(4)17-11/h9-12,14H,5-8H2,1-4H3. The molecule has 0 bridgehead atoms. The first kappa shape index (κ1) is 14.5. The number of carbonyl (C=O) groups is 1. The van der Waals surface area contributed by atoms with Gasteiger partial charge in [-0.15, -0.1) is 0 Å². The summed E-state index contributed by atoms with van der Waals surface area (Å²) in [6.07, 6.45) is 3.13. The summed E-state index contributed by atoms with van der Waals surface area (Å²) in [7, 11) is 0. The van der Waals surface area contributed by atoms with Crippen molar-refractivity contribution >= 4 is 5.97 Å². The van der Waals surface area contributed by atoms with Crippen LogP contribution in [0.2, 0.25) is 0 Å². The van der Waals surface area contributed by atoms with E-state index in [9.17, 15) is 4.79 Å². The molecule has 1 rings (SSSR count). The van der Waals surface area contributed by atoms with Crippen LogP contribution in [-0.2, 0) is 14.3 Å². The number of nitrogens with one attached hydrogen (secondary N) is 1. The number of hydrogen-bond acceptors (Lipinski definition) is 4. The van der Waals surface area contributed by atoms with Gasteiger partial charge >= 0.3 is 5.97 Å². The maximum atomic E-state index is 11.9. The normalized spacial score (nSPS) is 27.8. The topological polar surface area (TPSA) is 47.6 Å². The van der Waals surface area contributed by atoms with Gasteiger partial charge in [0.15, 0.2) is 0 Å². The predicted octanol–water partition coefficient (Wildman–Crippen LogP) is 1.87. The van der Waals surface area contributed by atoms with Crippen molar-refractivity contribution in [2.24, 2.45) is 0 Å². The van der Waals surface area contributed by atoms with Crippen LogP contribution in [0.5, 0.6) is 0 Å². The summed E-state index contributed by atoms with van der Waals surface area (Å²) in [5, 5.41) is 3.31. The lowest BCUT2D eigenvalue weighted by molar-refractivity contribution is -0.150. The summed E-state index contributed by atoms with van der Waals surface area (Å²) in [6.45, 7) is 8.46. The fourth-order valence-corrected chi connectivity index (χ4v) is 2.06. The van der Waals surface area contributed by atoms with Crippen LogP contribution in [0.15, 0.2) is 0 Å². The second kappa shape index (κ2) is 6.97. The zero-order chi connectivity index (χ0) is 12.8. The summed E-state index contributed by atoms with van der Waals surface area (Å²) in [4.78, 5) is 11.9. The minimum atomic E-state index is -0.324. The van der Waals surface area contributed by atoms with Crippen molar-refractivity contribution < 1.29 is 14.3 Å². The molecule has 0 aliphatic carbocycles. The van der Waals surface area contributed by atoms with Gasteiger partial charge in [0, 0.05) is 6.04 Å². The Kier molecular flexibility index (Phi) is 5.92. The predicted molar refractivity (Wildman–Crippen MR) is 66.9 cm³/mol. The molecule has 0 spiro atoms. The van der Waals surface area contributed by atoms with Crippen molar-refractivity contribution in [2.45, 2.75) is 71.2 Å². The number of hydrogen-bond donors (Lipinski definition) is 1. The van der Waals surface area contributed by atoms with E-state index in [-0.39, 0.29) is 24.2 Å². The fourth-order valence-electron chi connectivity index (χ4n) is 2.06. The molecular weight excluding hydrogens is 218 g/mol. The summed E-state index contributed by atoms with van der Waals surface area (Å²) in [5.74, 6) is -0.188. The van der Waals surface area contributed by atoms with Gasteiger partial charge in [0.2, 0.25) is 0 Å². The van der Waals surface area contributed by atoms with E-state index in [0.29, 0.717) is 12.6 Å². The maximum absolute atomic E-state index is 11.9. The van der Waals surface area contributed by atoms with E-state index in [0.717, 1.165) is 19.3 Å². The van der Waals surface area contributed by atoms with E-state index in [4.69, 9.17) is 9.47 Å². The van der Waals surface area contributed by atoms with E-state index >= 15 is 0 Å². The zero-order valence-corrected chi connectivity index (χ0v) is 11.4. The minimum absolute atomic E-state index is 0.0435. The average Bonchev–Trinajstić information content (AvgIpc) is 2.72. The highest BCUT2D eigenvalue weighted by Gasteiger charge is 2.35. The molecule has 0 aromatic rings. The van der Waals surface area contributed by atoms with Gasteiger partial charge in [-0.2, -0.15) is 0 Å². The molecule has 1 saturated heterocycles. The Labute approximate surface area is 104 Å². The minimum Gasteiger partial charge on any atom is -0.465 e. The molecule has 4 heteroatoms. The first-order valence-corrected chi connectivity index (χ1v) is 6.66. The van der Waals surface area contributed by atoms with Gasteiger partial charge in [0.1, 0.15) is 6.04 Å². The van der Waals surface area contributed by atoms with Crippen LogP contribution in [-0.4, -0.2) is 36.9 Å². The Bertz CT molecular complexity index is 245. The van der Waals surface area contributed by atoms with Crippen LogP contribution in [0.4, 0.5) is 0 Å². The Morgan fingerprint density at radius 1 is 1.47 bits per heavy atom. The molecule has 1 N–H and O–H groups in total. The zero-order valence-electron chi connectivity index (χ0n) is 11.4. The molecule has 1 heterocycles. The average molecular weight is 243 g/mol. The van der Waals surface area contributed by atoms with Crippen molar-refractivity contribution in [2.75, 3.05) is 6.61 Å². The highest BCUT2D eigenvalue weighted by Crippen LogP contribution is 2.22. The molecule has 0 aromatic heterocycles. The molecule has 1 aliphatic heterocycles. The Morgan fingerprint density at radius 3 is 2.65 bits per heavy atom. The summed E-state index contributed by atoms with van der Waals surface area (Å²) < 4.78 is 10.9. The highest BCUT2D eigenvalue weighted by atomic mass is 16.5. The van der Waals surface area contributed by atoms with Gasteiger partial charge in [0.05, 0.1) is 18.8 Å². The van der Waals surface area contributed by atoms with Gasteiger partial charge in [-0.1, -0.05) is 6.92 Å². The lowest BCUT2D eigenvalue weighted by Gasteiger charge is -2.26. The Morgan fingerprint density at radius 2 is 2.18 bits per heavy atom. The third-order valence-electron chi connectivity index (χ3n) is 3.25. The van der Waals surface area contributed by atoms with E-state index in [2.05, 4.69) is 19.2 Å². The molecule has 4 atom stereocenters. The molecular formula is C13H25NO3. The number of esters is 1. The Balaban J connectivity index is 2.61. The number of ether oxygens (including phenoxy) is 2. The van der Waals surface area contributed by atoms with Crippen LogP contribution in [0, 0.1) is 0 Å². The number of carbonyl (C=O) groups excluding carboxylic acids is 1. The highest BCUT2D eigenvalue weighted by molar-refractivity contribution is 5.76. The van der Waals surface area contributed by atoms with Crippen LogP contribution < -0.4 is 5.32 Å². The molecule has 1 fully saturated rings. The van der Waals surface area contributed by atoms with E-state index in [1.807, 2.05) is 13.8 Å². The van der Waals surface area contributed by atoms with Crippen LogP contribution in [0.1, 0.15) is 47.0 Å². The Hall–Kier alpha value is -0.610. The van der Waals surface area contributed by atoms with Crippen LogP contribution in [0.25, 0.3) is 0 Å². The molecule has 0 amide bonds. The maximum Gasteiger partial charge on any atom is 0.325 e. The molecule has 4 unspecified atom stereocenters. The molecule has 0 aromatic carbocycles. The third-order valence-corrected chi connectivity index (χ3v) is 3.25. The van der Waals surface area contributed by atoms with Gasteiger partial charge < -0.3 is 9.47 Å². The smallest absolute Gasteiger partial charge is 0.325 e. The molecule has 100 valence electrons. The van der Waals surface area contributed by atoms with Crippen molar-refractivity contribution in [3.05, 3.63) is 0 Å². The van der Waals surface area contributed by atoms with Crippen molar-refractivity contribution in [3.8, 4) is 0 Å². The van der Waals surface area contributed by atoms with E-state index in [1.165, 1.54) is 0 Å². The monoisotopic (exact) mass is 243 g/mol. The van der Waals surface area contributed by atoms with E-state index in [1.54, 1.807) is 0 Å². The lowest BCUT2D eigenvalue weighted by atomic mass is 10.1. The van der Waals surface area contributed by atoms with Crippen LogP contribution >= 0.6 is 0 Å². The molecule has 4 nitrogen and oxygen atoms in total. The molecule has 1 aliphatic rings. The second-order valence-corrected chi connectivity index (χ2v) is 4.77. The van der Waals surface area contributed by atoms with Crippen LogP contribution in [0.3, 0.4) is 0 Å². The summed E-state index contributed by atoms with van der Waals surface area (Å²) in [6, 6.07) is -0.0289. The van der Waals surface area contributed by atoms with Crippen molar-refractivity contribution in [1.82, 2.24) is 5.32 Å². The quantitative estimate of drug-likeness (QED) is 0.724.